The fourth-order valence-electron chi connectivity index (χ4n) is 2.43. The largest absolute Gasteiger partial charge is 0.455 e. The SMILES string of the molecule is N#Cc1nn(-c2cc(Br)c(Oc3ccc4ocnc4c3)c(Br)c2)c(=O)[nH]c1=O. The first-order chi connectivity index (χ1) is 13.5. The second-order valence-corrected chi connectivity index (χ2v) is 7.16. The molecule has 9 nitrogen and oxygen atoms in total. The van der Waals surface area contributed by atoms with Gasteiger partial charge in [-0.3, -0.25) is 9.78 Å². The molecule has 28 heavy (non-hydrogen) atoms. The van der Waals surface area contributed by atoms with Gasteiger partial charge in [-0.05, 0) is 56.1 Å². The number of halogens is 2. The van der Waals surface area contributed by atoms with Crippen LogP contribution in [0.3, 0.4) is 0 Å². The number of oxazole rings is 1. The molecular weight excluding hydrogens is 498 g/mol. The van der Waals surface area contributed by atoms with Crippen LogP contribution in [0.15, 0.2) is 59.7 Å². The van der Waals surface area contributed by atoms with E-state index in [2.05, 4.69) is 46.9 Å². The standard InChI is InChI=1S/C17H7Br2N5O4/c18-10-3-8(24-17(26)22-16(25)13(6-20)23-24)4-11(19)15(10)28-9-1-2-14-12(5-9)21-7-27-14/h1-5,7H,(H,22,25,26). The van der Waals surface area contributed by atoms with Gasteiger partial charge in [0.25, 0.3) is 5.56 Å². The predicted molar refractivity (Wildman–Crippen MR) is 105 cm³/mol. The molecule has 1 N–H and O–H groups in total. The van der Waals surface area contributed by atoms with Crippen LogP contribution in [0.1, 0.15) is 5.69 Å². The number of nitrogens with one attached hydrogen (secondary N) is 1. The molecule has 4 aromatic rings. The molecule has 0 aliphatic heterocycles. The summed E-state index contributed by atoms with van der Waals surface area (Å²) in [5, 5.41) is 12.7. The highest BCUT2D eigenvalue weighted by Gasteiger charge is 2.15. The summed E-state index contributed by atoms with van der Waals surface area (Å²) >= 11 is 6.80. The summed E-state index contributed by atoms with van der Waals surface area (Å²) in [6.07, 6.45) is 1.35. The van der Waals surface area contributed by atoms with Crippen molar-refractivity contribution in [1.82, 2.24) is 19.7 Å². The van der Waals surface area contributed by atoms with Gasteiger partial charge in [0.2, 0.25) is 5.69 Å². The van der Waals surface area contributed by atoms with Crippen LogP contribution in [-0.2, 0) is 0 Å². The molecule has 0 atom stereocenters. The summed E-state index contributed by atoms with van der Waals surface area (Å²) in [4.78, 5) is 29.7. The minimum Gasteiger partial charge on any atom is -0.455 e. The topological polar surface area (TPSA) is 127 Å². The Bertz CT molecular complexity index is 1360. The minimum atomic E-state index is -0.843. The van der Waals surface area contributed by atoms with Crippen LogP contribution >= 0.6 is 31.9 Å². The van der Waals surface area contributed by atoms with E-state index in [1.165, 1.54) is 6.39 Å². The van der Waals surface area contributed by atoms with Crippen LogP contribution in [0.5, 0.6) is 11.5 Å². The molecule has 0 unspecified atom stereocenters. The zero-order chi connectivity index (χ0) is 19.8. The van der Waals surface area contributed by atoms with Gasteiger partial charge >= 0.3 is 5.69 Å². The van der Waals surface area contributed by atoms with Crippen molar-refractivity contribution in [2.45, 2.75) is 0 Å². The van der Waals surface area contributed by atoms with Gasteiger partial charge in [-0.15, -0.1) is 5.10 Å². The highest BCUT2D eigenvalue weighted by atomic mass is 79.9. The number of rotatable bonds is 3. The van der Waals surface area contributed by atoms with Crippen molar-refractivity contribution in [3.8, 4) is 23.3 Å². The summed E-state index contributed by atoms with van der Waals surface area (Å²) in [7, 11) is 0. The van der Waals surface area contributed by atoms with Gasteiger partial charge in [0.15, 0.2) is 17.7 Å². The van der Waals surface area contributed by atoms with Gasteiger partial charge in [0, 0.05) is 6.07 Å². The average Bonchev–Trinajstić information content (AvgIpc) is 3.12. The number of aromatic nitrogens is 4. The Labute approximate surface area is 172 Å². The quantitative estimate of drug-likeness (QED) is 0.453. The maximum Gasteiger partial charge on any atom is 0.349 e. The molecule has 0 aliphatic carbocycles. The Morgan fingerprint density at radius 2 is 1.93 bits per heavy atom. The molecule has 0 aliphatic rings. The number of H-pyrrole nitrogens is 1. The van der Waals surface area contributed by atoms with E-state index in [0.717, 1.165) is 4.68 Å². The Morgan fingerprint density at radius 3 is 2.64 bits per heavy atom. The molecule has 0 saturated carbocycles. The van der Waals surface area contributed by atoms with Crippen LogP contribution in [-0.4, -0.2) is 19.7 Å². The molecular formula is C17H7Br2N5O4. The minimum absolute atomic E-state index is 0.316. The lowest BCUT2D eigenvalue weighted by molar-refractivity contribution is 0.476. The number of aromatic amines is 1. The molecule has 0 spiro atoms. The Balaban J connectivity index is 1.76. The van der Waals surface area contributed by atoms with E-state index < -0.39 is 16.9 Å². The van der Waals surface area contributed by atoms with E-state index in [9.17, 15) is 9.59 Å². The molecule has 0 saturated heterocycles. The zero-order valence-corrected chi connectivity index (χ0v) is 16.8. The van der Waals surface area contributed by atoms with Gasteiger partial charge in [-0.2, -0.15) is 9.94 Å². The number of nitriles is 1. The molecule has 2 heterocycles. The van der Waals surface area contributed by atoms with Crippen LogP contribution in [0.25, 0.3) is 16.8 Å². The van der Waals surface area contributed by atoms with Crippen LogP contribution in [0, 0.1) is 11.3 Å². The summed E-state index contributed by atoms with van der Waals surface area (Å²) in [5.74, 6) is 0.978. The van der Waals surface area contributed by atoms with Crippen LogP contribution in [0.2, 0.25) is 0 Å². The molecule has 2 aromatic heterocycles. The molecule has 138 valence electrons. The first-order valence-corrected chi connectivity index (χ1v) is 9.19. The van der Waals surface area contributed by atoms with E-state index in [0.29, 0.717) is 37.2 Å². The second kappa shape index (κ2) is 7.06. The van der Waals surface area contributed by atoms with Crippen molar-refractivity contribution >= 4 is 43.0 Å². The molecule has 2 aromatic carbocycles. The zero-order valence-electron chi connectivity index (χ0n) is 13.6. The van der Waals surface area contributed by atoms with E-state index >= 15 is 0 Å². The second-order valence-electron chi connectivity index (χ2n) is 5.45. The third kappa shape index (κ3) is 3.23. The summed E-state index contributed by atoms with van der Waals surface area (Å²) < 4.78 is 13.0. The maximum absolute atomic E-state index is 12.1. The Morgan fingerprint density at radius 1 is 1.18 bits per heavy atom. The van der Waals surface area contributed by atoms with Crippen molar-refractivity contribution in [3.05, 3.63) is 72.2 Å². The highest BCUT2D eigenvalue weighted by Crippen LogP contribution is 2.38. The Kier molecular flexibility index (Phi) is 4.58. The fourth-order valence-corrected chi connectivity index (χ4v) is 3.76. The number of benzene rings is 2. The normalized spacial score (nSPS) is 10.8. The van der Waals surface area contributed by atoms with Crippen LogP contribution in [0.4, 0.5) is 0 Å². The lowest BCUT2D eigenvalue weighted by atomic mass is 10.3. The van der Waals surface area contributed by atoms with Gasteiger partial charge in [-0.25, -0.2) is 9.78 Å². The third-order valence-corrected chi connectivity index (χ3v) is 4.86. The monoisotopic (exact) mass is 503 g/mol. The molecule has 0 radical (unpaired) electrons. The van der Waals surface area contributed by atoms with Crippen molar-refractivity contribution in [2.24, 2.45) is 0 Å². The lowest BCUT2D eigenvalue weighted by Gasteiger charge is -2.12. The van der Waals surface area contributed by atoms with Crippen molar-refractivity contribution in [3.63, 3.8) is 0 Å². The van der Waals surface area contributed by atoms with E-state index in [-0.39, 0.29) is 0 Å². The number of hydrogen-bond acceptors (Lipinski definition) is 7. The lowest BCUT2D eigenvalue weighted by Crippen LogP contribution is -2.33. The highest BCUT2D eigenvalue weighted by molar-refractivity contribution is 9.11. The average molecular weight is 505 g/mol. The van der Waals surface area contributed by atoms with Crippen LogP contribution < -0.4 is 16.0 Å². The molecule has 0 bridgehead atoms. The summed E-state index contributed by atoms with van der Waals surface area (Å²) in [6, 6.07) is 9.97. The van der Waals surface area contributed by atoms with E-state index in [1.54, 1.807) is 36.4 Å². The first-order valence-electron chi connectivity index (χ1n) is 7.60. The molecule has 4 rings (SSSR count). The molecule has 11 heteroatoms. The third-order valence-electron chi connectivity index (χ3n) is 3.68. The number of nitrogens with zero attached hydrogens (tertiary/aromatic N) is 4. The molecule has 0 fully saturated rings. The van der Waals surface area contributed by atoms with Gasteiger partial charge < -0.3 is 9.15 Å². The first kappa shape index (κ1) is 18.1. The molecule has 0 amide bonds. The van der Waals surface area contributed by atoms with E-state index in [4.69, 9.17) is 14.4 Å². The number of fused-ring (bicyclic) bond motifs is 1. The van der Waals surface area contributed by atoms with Crippen molar-refractivity contribution < 1.29 is 9.15 Å². The smallest absolute Gasteiger partial charge is 0.349 e. The van der Waals surface area contributed by atoms with Gasteiger partial charge in [0.05, 0.1) is 14.6 Å². The fraction of sp³-hybridized carbons (Fsp3) is 0. The van der Waals surface area contributed by atoms with Gasteiger partial charge in [0.1, 0.15) is 17.3 Å². The number of ether oxygens (including phenoxy) is 1. The van der Waals surface area contributed by atoms with E-state index in [1.807, 2.05) is 0 Å². The predicted octanol–water partition coefficient (Wildman–Crippen LogP) is 3.25. The number of hydrogen-bond donors (Lipinski definition) is 1. The maximum atomic E-state index is 12.1. The van der Waals surface area contributed by atoms with Crippen molar-refractivity contribution in [1.29, 1.82) is 5.26 Å². The Hall–Kier alpha value is -3.23. The summed E-state index contributed by atoms with van der Waals surface area (Å²) in [5.41, 5.74) is -0.436. The van der Waals surface area contributed by atoms with Crippen molar-refractivity contribution in [2.75, 3.05) is 0 Å². The summed E-state index contributed by atoms with van der Waals surface area (Å²) in [6.45, 7) is 0. The van der Waals surface area contributed by atoms with Gasteiger partial charge in [-0.1, -0.05) is 0 Å².